The predicted molar refractivity (Wildman–Crippen MR) is 77.4 cm³/mol. The Hall–Kier alpha value is -1.73. The van der Waals surface area contributed by atoms with Crippen molar-refractivity contribution in [3.8, 4) is 0 Å². The van der Waals surface area contributed by atoms with E-state index in [1.54, 1.807) is 11.0 Å². The number of imidazole rings is 1. The van der Waals surface area contributed by atoms with Crippen LogP contribution in [0.2, 0.25) is 0 Å². The van der Waals surface area contributed by atoms with Crippen LogP contribution in [0.4, 0.5) is 0 Å². The van der Waals surface area contributed by atoms with E-state index >= 15 is 0 Å². The molecule has 0 saturated carbocycles. The van der Waals surface area contributed by atoms with Crippen molar-refractivity contribution in [1.82, 2.24) is 29.9 Å². The molecule has 21 heavy (non-hydrogen) atoms. The van der Waals surface area contributed by atoms with Gasteiger partial charge in [-0.1, -0.05) is 5.21 Å². The molecule has 0 aromatic carbocycles. The average Bonchev–Trinajstić information content (AvgIpc) is 3.09. The molecule has 2 aromatic rings. The Morgan fingerprint density at radius 2 is 2.33 bits per heavy atom. The molecule has 1 aliphatic heterocycles. The molecule has 7 heteroatoms. The Kier molecular flexibility index (Phi) is 3.77. The average molecular weight is 290 g/mol. The molecule has 1 saturated heterocycles. The maximum atomic E-state index is 11.0. The highest BCUT2D eigenvalue weighted by Crippen LogP contribution is 2.30. The number of β-amino-alcohol motifs (C(OH)–C–C–N with tert-alkyl or cyclic N) is 1. The smallest absolute Gasteiger partial charge is 0.123 e. The number of likely N-dealkylation sites (tertiary alicyclic amines) is 1. The van der Waals surface area contributed by atoms with Crippen molar-refractivity contribution >= 4 is 0 Å². The Labute approximate surface area is 124 Å². The standard InChI is InChI=1S/C14H22N6O/c1-11(2)20-8-13(17-18-20)14(21)4-3-5-19(9-14)7-12-6-15-10-16-12/h6,8,10-11,21H,3-5,7,9H2,1-2H3,(H,15,16)/t14-/m0/s1. The van der Waals surface area contributed by atoms with Crippen molar-refractivity contribution < 1.29 is 5.11 Å². The van der Waals surface area contributed by atoms with Gasteiger partial charge in [0.15, 0.2) is 0 Å². The minimum atomic E-state index is -0.911. The lowest BCUT2D eigenvalue weighted by Gasteiger charge is -2.37. The van der Waals surface area contributed by atoms with Gasteiger partial charge in [0.05, 0.1) is 12.5 Å². The van der Waals surface area contributed by atoms with Crippen molar-refractivity contribution in [3.63, 3.8) is 0 Å². The van der Waals surface area contributed by atoms with Crippen LogP contribution in [0.1, 0.15) is 44.1 Å². The molecule has 1 fully saturated rings. The van der Waals surface area contributed by atoms with Crippen molar-refractivity contribution in [2.24, 2.45) is 0 Å². The van der Waals surface area contributed by atoms with Crippen LogP contribution in [0.25, 0.3) is 0 Å². The molecule has 3 heterocycles. The second kappa shape index (κ2) is 5.57. The zero-order valence-electron chi connectivity index (χ0n) is 12.5. The first-order valence-electron chi connectivity index (χ1n) is 7.41. The molecule has 1 aliphatic rings. The van der Waals surface area contributed by atoms with E-state index in [1.165, 1.54) is 0 Å². The van der Waals surface area contributed by atoms with Gasteiger partial charge in [0.25, 0.3) is 0 Å². The molecule has 3 rings (SSSR count). The zero-order valence-corrected chi connectivity index (χ0v) is 12.5. The summed E-state index contributed by atoms with van der Waals surface area (Å²) in [6.45, 7) is 6.41. The van der Waals surface area contributed by atoms with Crippen molar-refractivity contribution in [2.45, 2.75) is 44.9 Å². The number of aliphatic hydroxyl groups is 1. The highest BCUT2D eigenvalue weighted by molar-refractivity contribution is 5.10. The van der Waals surface area contributed by atoms with Gasteiger partial charge >= 0.3 is 0 Å². The number of hydrogen-bond donors (Lipinski definition) is 2. The fraction of sp³-hybridized carbons (Fsp3) is 0.643. The third-order valence-electron chi connectivity index (χ3n) is 4.01. The summed E-state index contributed by atoms with van der Waals surface area (Å²) in [5.41, 5.74) is 0.821. The van der Waals surface area contributed by atoms with E-state index in [2.05, 4.69) is 25.2 Å². The minimum Gasteiger partial charge on any atom is -0.382 e. The quantitative estimate of drug-likeness (QED) is 0.880. The highest BCUT2D eigenvalue weighted by atomic mass is 16.3. The Balaban J connectivity index is 1.73. The largest absolute Gasteiger partial charge is 0.382 e. The highest BCUT2D eigenvalue weighted by Gasteiger charge is 2.37. The van der Waals surface area contributed by atoms with Gasteiger partial charge in [-0.25, -0.2) is 9.67 Å². The number of piperidine rings is 1. The molecule has 2 N–H and O–H groups in total. The maximum absolute atomic E-state index is 11.0. The Bertz CT molecular complexity index is 578. The van der Waals surface area contributed by atoms with Crippen molar-refractivity contribution in [3.05, 3.63) is 30.1 Å². The number of aromatic nitrogens is 5. The summed E-state index contributed by atoms with van der Waals surface area (Å²) in [5, 5.41) is 19.2. The van der Waals surface area contributed by atoms with E-state index in [4.69, 9.17) is 0 Å². The number of nitrogens with one attached hydrogen (secondary N) is 1. The SMILES string of the molecule is CC(C)n1cc([C@]2(O)CCCN(Cc3cnc[nH]3)C2)nn1. The normalized spacial score (nSPS) is 23.8. The molecule has 0 bridgehead atoms. The number of nitrogens with zero attached hydrogens (tertiary/aromatic N) is 5. The van der Waals surface area contributed by atoms with Crippen LogP contribution in [0.5, 0.6) is 0 Å². The summed E-state index contributed by atoms with van der Waals surface area (Å²) in [5.74, 6) is 0. The molecule has 0 spiro atoms. The summed E-state index contributed by atoms with van der Waals surface area (Å²) >= 11 is 0. The second-order valence-corrected chi connectivity index (χ2v) is 6.10. The first kappa shape index (κ1) is 14.2. The van der Waals surface area contributed by atoms with E-state index in [9.17, 15) is 5.11 Å². The van der Waals surface area contributed by atoms with E-state index in [0.717, 1.165) is 31.6 Å². The third-order valence-corrected chi connectivity index (χ3v) is 4.01. The van der Waals surface area contributed by atoms with Gasteiger partial charge in [0.1, 0.15) is 11.3 Å². The van der Waals surface area contributed by atoms with Gasteiger partial charge in [0.2, 0.25) is 0 Å². The summed E-state index contributed by atoms with van der Waals surface area (Å²) in [6.07, 6.45) is 7.04. The van der Waals surface area contributed by atoms with Gasteiger partial charge in [-0.05, 0) is 33.2 Å². The van der Waals surface area contributed by atoms with Crippen LogP contribution in [-0.4, -0.2) is 48.1 Å². The lowest BCUT2D eigenvalue weighted by molar-refractivity contribution is -0.0417. The topological polar surface area (TPSA) is 82.9 Å². The Morgan fingerprint density at radius 1 is 1.48 bits per heavy atom. The first-order chi connectivity index (χ1) is 10.1. The number of aromatic amines is 1. The van der Waals surface area contributed by atoms with Gasteiger partial charge in [-0.15, -0.1) is 5.10 Å². The van der Waals surface area contributed by atoms with Gasteiger partial charge in [-0.2, -0.15) is 0 Å². The van der Waals surface area contributed by atoms with Crippen LogP contribution >= 0.6 is 0 Å². The van der Waals surface area contributed by atoms with Gasteiger partial charge < -0.3 is 10.1 Å². The molecule has 7 nitrogen and oxygen atoms in total. The maximum Gasteiger partial charge on any atom is 0.123 e. The molecule has 0 aliphatic carbocycles. The molecule has 114 valence electrons. The zero-order chi connectivity index (χ0) is 14.9. The molecule has 2 aromatic heterocycles. The molecule has 0 radical (unpaired) electrons. The second-order valence-electron chi connectivity index (χ2n) is 6.10. The van der Waals surface area contributed by atoms with Crippen LogP contribution in [-0.2, 0) is 12.1 Å². The van der Waals surface area contributed by atoms with Crippen molar-refractivity contribution in [2.75, 3.05) is 13.1 Å². The van der Waals surface area contributed by atoms with Gasteiger partial charge in [-0.3, -0.25) is 4.90 Å². The van der Waals surface area contributed by atoms with Crippen molar-refractivity contribution in [1.29, 1.82) is 0 Å². The molecule has 0 unspecified atom stereocenters. The monoisotopic (exact) mass is 290 g/mol. The summed E-state index contributed by atoms with van der Waals surface area (Å²) in [6, 6.07) is 0.250. The van der Waals surface area contributed by atoms with E-state index in [-0.39, 0.29) is 6.04 Å². The summed E-state index contributed by atoms with van der Waals surface area (Å²) < 4.78 is 1.79. The van der Waals surface area contributed by atoms with Crippen LogP contribution in [0, 0.1) is 0 Å². The number of H-pyrrole nitrogens is 1. The van der Waals surface area contributed by atoms with Crippen LogP contribution in [0.15, 0.2) is 18.7 Å². The predicted octanol–water partition coefficient (Wildman–Crippen LogP) is 1.07. The molecule has 0 amide bonds. The summed E-state index contributed by atoms with van der Waals surface area (Å²) in [7, 11) is 0. The fourth-order valence-corrected chi connectivity index (χ4v) is 2.82. The molecular formula is C14H22N6O. The first-order valence-corrected chi connectivity index (χ1v) is 7.41. The van der Waals surface area contributed by atoms with E-state index in [0.29, 0.717) is 12.2 Å². The van der Waals surface area contributed by atoms with Crippen LogP contribution < -0.4 is 0 Å². The fourth-order valence-electron chi connectivity index (χ4n) is 2.82. The van der Waals surface area contributed by atoms with Gasteiger partial charge in [0, 0.05) is 31.0 Å². The van der Waals surface area contributed by atoms with E-state index < -0.39 is 5.60 Å². The Morgan fingerprint density at radius 3 is 3.00 bits per heavy atom. The lowest BCUT2D eigenvalue weighted by Crippen LogP contribution is -2.46. The molecular weight excluding hydrogens is 268 g/mol. The third kappa shape index (κ3) is 2.98. The molecule has 1 atom stereocenters. The number of rotatable bonds is 4. The summed E-state index contributed by atoms with van der Waals surface area (Å²) in [4.78, 5) is 9.37. The lowest BCUT2D eigenvalue weighted by atomic mass is 9.90. The number of hydrogen-bond acceptors (Lipinski definition) is 5. The van der Waals surface area contributed by atoms with Crippen LogP contribution in [0.3, 0.4) is 0 Å². The van der Waals surface area contributed by atoms with E-state index in [1.807, 2.05) is 26.2 Å². The minimum absolute atomic E-state index is 0.250.